The second-order valence-corrected chi connectivity index (χ2v) is 3.90. The molecule has 0 amide bonds. The van der Waals surface area contributed by atoms with Crippen molar-refractivity contribution < 1.29 is 0 Å². The van der Waals surface area contributed by atoms with Crippen molar-refractivity contribution in [1.29, 1.82) is 5.41 Å². The Hall–Kier alpha value is -0.740. The molecule has 0 aromatic carbocycles. The lowest BCUT2D eigenvalue weighted by Crippen LogP contribution is -2.09. The molecule has 0 atom stereocenters. The molecule has 0 saturated carbocycles. The van der Waals surface area contributed by atoms with Crippen molar-refractivity contribution in [3.05, 3.63) is 23.4 Å². The lowest BCUT2D eigenvalue weighted by molar-refractivity contribution is 1.12. The molecular formula is C8H10ClN3S. The van der Waals surface area contributed by atoms with Gasteiger partial charge in [0.25, 0.3) is 0 Å². The number of nitrogens with two attached hydrogens (primary N) is 1. The van der Waals surface area contributed by atoms with Crippen LogP contribution in [0.3, 0.4) is 0 Å². The number of hydrogen-bond donors (Lipinski definition) is 2. The summed E-state index contributed by atoms with van der Waals surface area (Å²) in [5.41, 5.74) is 5.21. The van der Waals surface area contributed by atoms with Crippen LogP contribution < -0.4 is 5.73 Å². The Bertz CT molecular complexity index is 303. The second kappa shape index (κ2) is 5.09. The maximum absolute atomic E-state index is 7.02. The molecule has 70 valence electrons. The first-order valence-corrected chi connectivity index (χ1v) is 5.12. The number of nitrogens with one attached hydrogen (secondary N) is 1. The molecule has 0 aliphatic rings. The Kier molecular flexibility index (Phi) is 4.05. The van der Waals surface area contributed by atoms with Crippen molar-refractivity contribution in [2.75, 3.05) is 5.75 Å². The Morgan fingerprint density at radius 3 is 3.08 bits per heavy atom. The summed E-state index contributed by atoms with van der Waals surface area (Å²) in [6.45, 7) is 0. The minimum Gasteiger partial charge on any atom is -0.388 e. The van der Waals surface area contributed by atoms with Gasteiger partial charge in [-0.25, -0.2) is 4.98 Å². The summed E-state index contributed by atoms with van der Waals surface area (Å²) in [5, 5.41) is 8.47. The molecule has 1 heterocycles. The highest BCUT2D eigenvalue weighted by molar-refractivity contribution is 7.99. The summed E-state index contributed by atoms with van der Waals surface area (Å²) in [6, 6.07) is 3.59. The summed E-state index contributed by atoms with van der Waals surface area (Å²) in [5.74, 6) is 0.936. The molecular weight excluding hydrogens is 206 g/mol. The van der Waals surface area contributed by atoms with Crippen molar-refractivity contribution in [2.45, 2.75) is 11.4 Å². The van der Waals surface area contributed by atoms with Gasteiger partial charge in [0.05, 0.1) is 10.9 Å². The Balaban J connectivity index is 2.45. The molecule has 3 N–H and O–H groups in total. The van der Waals surface area contributed by atoms with E-state index in [9.17, 15) is 0 Å². The molecule has 13 heavy (non-hydrogen) atoms. The SMILES string of the molecule is N=C(N)CCSc1ncccc1Cl. The molecule has 0 bridgehead atoms. The van der Waals surface area contributed by atoms with Gasteiger partial charge in [-0.15, -0.1) is 11.8 Å². The van der Waals surface area contributed by atoms with E-state index in [1.165, 1.54) is 11.8 Å². The predicted octanol–water partition coefficient (Wildman–Crippen LogP) is 2.15. The Morgan fingerprint density at radius 2 is 2.46 bits per heavy atom. The van der Waals surface area contributed by atoms with Crippen LogP contribution >= 0.6 is 23.4 Å². The van der Waals surface area contributed by atoms with Crippen LogP contribution in [0.15, 0.2) is 23.4 Å². The standard InChI is InChI=1S/C8H10ClN3S/c9-6-2-1-4-12-8(6)13-5-3-7(10)11/h1-2,4H,3,5H2,(H3,10,11). The zero-order valence-corrected chi connectivity index (χ0v) is 8.53. The van der Waals surface area contributed by atoms with Gasteiger partial charge in [0.2, 0.25) is 0 Å². The van der Waals surface area contributed by atoms with Crippen LogP contribution in [0.25, 0.3) is 0 Å². The number of amidine groups is 1. The third kappa shape index (κ3) is 3.65. The Labute approximate surface area is 86.2 Å². The number of pyridine rings is 1. The number of aromatic nitrogens is 1. The number of thioether (sulfide) groups is 1. The molecule has 0 spiro atoms. The zero-order chi connectivity index (χ0) is 9.68. The first kappa shape index (κ1) is 10.3. The van der Waals surface area contributed by atoms with Crippen molar-refractivity contribution in [2.24, 2.45) is 5.73 Å². The largest absolute Gasteiger partial charge is 0.388 e. The van der Waals surface area contributed by atoms with E-state index in [-0.39, 0.29) is 5.84 Å². The Morgan fingerprint density at radius 1 is 1.69 bits per heavy atom. The maximum atomic E-state index is 7.02. The normalized spacial score (nSPS) is 9.92. The van der Waals surface area contributed by atoms with Crippen molar-refractivity contribution in [3.63, 3.8) is 0 Å². The predicted molar refractivity (Wildman–Crippen MR) is 56.5 cm³/mol. The van der Waals surface area contributed by atoms with E-state index >= 15 is 0 Å². The van der Waals surface area contributed by atoms with Gasteiger partial charge < -0.3 is 5.73 Å². The smallest absolute Gasteiger partial charge is 0.115 e. The summed E-state index contributed by atoms with van der Waals surface area (Å²) in [6.07, 6.45) is 2.26. The fraction of sp³-hybridized carbons (Fsp3) is 0.250. The molecule has 0 fully saturated rings. The molecule has 1 rings (SSSR count). The van der Waals surface area contributed by atoms with Crippen LogP contribution in [0.5, 0.6) is 0 Å². The molecule has 0 aliphatic heterocycles. The molecule has 5 heteroatoms. The minimum atomic E-state index is 0.194. The molecule has 1 aromatic rings. The summed E-state index contributed by atoms with van der Waals surface area (Å²) < 4.78 is 0. The fourth-order valence-electron chi connectivity index (χ4n) is 0.735. The van der Waals surface area contributed by atoms with Crippen LogP contribution in [0.2, 0.25) is 5.02 Å². The summed E-state index contributed by atoms with van der Waals surface area (Å²) in [7, 11) is 0. The number of rotatable bonds is 4. The summed E-state index contributed by atoms with van der Waals surface area (Å²) in [4.78, 5) is 4.09. The lowest BCUT2D eigenvalue weighted by atomic mass is 10.5. The average molecular weight is 216 g/mol. The van der Waals surface area contributed by atoms with Gasteiger partial charge in [0.1, 0.15) is 5.03 Å². The quantitative estimate of drug-likeness (QED) is 0.460. The van der Waals surface area contributed by atoms with E-state index in [2.05, 4.69) is 4.98 Å². The van der Waals surface area contributed by atoms with Crippen molar-refractivity contribution >= 4 is 29.2 Å². The third-order valence-electron chi connectivity index (χ3n) is 1.33. The van der Waals surface area contributed by atoms with E-state index in [1.54, 1.807) is 18.3 Å². The van der Waals surface area contributed by atoms with E-state index in [0.717, 1.165) is 10.8 Å². The first-order chi connectivity index (χ1) is 6.20. The highest BCUT2D eigenvalue weighted by atomic mass is 35.5. The van der Waals surface area contributed by atoms with E-state index < -0.39 is 0 Å². The van der Waals surface area contributed by atoms with Crippen molar-refractivity contribution in [1.82, 2.24) is 4.98 Å². The maximum Gasteiger partial charge on any atom is 0.115 e. The number of hydrogen-bond acceptors (Lipinski definition) is 3. The van der Waals surface area contributed by atoms with Gasteiger partial charge in [-0.2, -0.15) is 0 Å². The van der Waals surface area contributed by atoms with Crippen LogP contribution in [-0.2, 0) is 0 Å². The molecule has 0 unspecified atom stereocenters. The highest BCUT2D eigenvalue weighted by Gasteiger charge is 2.00. The van der Waals surface area contributed by atoms with Gasteiger partial charge in [-0.3, -0.25) is 5.41 Å². The van der Waals surface area contributed by atoms with Gasteiger partial charge in [0.15, 0.2) is 0 Å². The van der Waals surface area contributed by atoms with Crippen LogP contribution in [0, 0.1) is 5.41 Å². The number of nitrogens with zero attached hydrogens (tertiary/aromatic N) is 1. The second-order valence-electron chi connectivity index (χ2n) is 2.41. The molecule has 0 radical (unpaired) electrons. The van der Waals surface area contributed by atoms with E-state index in [0.29, 0.717) is 11.4 Å². The zero-order valence-electron chi connectivity index (χ0n) is 6.96. The van der Waals surface area contributed by atoms with Crippen LogP contribution in [0.1, 0.15) is 6.42 Å². The highest BCUT2D eigenvalue weighted by Crippen LogP contribution is 2.24. The molecule has 3 nitrogen and oxygen atoms in total. The van der Waals surface area contributed by atoms with Gasteiger partial charge in [-0.1, -0.05) is 11.6 Å². The van der Waals surface area contributed by atoms with E-state index in [4.69, 9.17) is 22.7 Å². The first-order valence-electron chi connectivity index (χ1n) is 3.76. The van der Waals surface area contributed by atoms with E-state index in [1.807, 2.05) is 0 Å². The molecule has 1 aromatic heterocycles. The van der Waals surface area contributed by atoms with Crippen LogP contribution in [0.4, 0.5) is 0 Å². The van der Waals surface area contributed by atoms with Crippen LogP contribution in [-0.4, -0.2) is 16.6 Å². The average Bonchev–Trinajstić information content (AvgIpc) is 2.08. The number of halogens is 1. The van der Waals surface area contributed by atoms with Gasteiger partial charge in [-0.05, 0) is 12.1 Å². The topological polar surface area (TPSA) is 62.8 Å². The fourth-order valence-corrected chi connectivity index (χ4v) is 1.88. The van der Waals surface area contributed by atoms with Gasteiger partial charge >= 0.3 is 0 Å². The van der Waals surface area contributed by atoms with Gasteiger partial charge in [0, 0.05) is 18.4 Å². The van der Waals surface area contributed by atoms with Crippen molar-refractivity contribution in [3.8, 4) is 0 Å². The monoisotopic (exact) mass is 215 g/mol. The molecule has 0 aliphatic carbocycles. The summed E-state index contributed by atoms with van der Waals surface area (Å²) >= 11 is 7.38. The molecule has 0 saturated heterocycles. The minimum absolute atomic E-state index is 0.194. The lowest BCUT2D eigenvalue weighted by Gasteiger charge is -2.01. The third-order valence-corrected chi connectivity index (χ3v) is 2.76.